The van der Waals surface area contributed by atoms with Crippen molar-refractivity contribution in [3.05, 3.63) is 41.0 Å². The van der Waals surface area contributed by atoms with Gasteiger partial charge in [-0.2, -0.15) is 0 Å². The first-order valence-electron chi connectivity index (χ1n) is 4.79. The summed E-state index contributed by atoms with van der Waals surface area (Å²) in [5.41, 5.74) is 3.34. The Bertz CT molecular complexity index is 498. The molecule has 0 unspecified atom stereocenters. The summed E-state index contributed by atoms with van der Waals surface area (Å²) >= 11 is 0. The number of hydrogen-bond donors (Lipinski definition) is 1. The van der Waals surface area contributed by atoms with Crippen LogP contribution in [0, 0.1) is 20.8 Å². The van der Waals surface area contributed by atoms with Gasteiger partial charge in [0, 0.05) is 5.39 Å². The van der Waals surface area contributed by atoms with E-state index in [2.05, 4.69) is 19.1 Å². The van der Waals surface area contributed by atoms with Crippen molar-refractivity contribution in [3.63, 3.8) is 0 Å². The first kappa shape index (κ1) is 9.07. The van der Waals surface area contributed by atoms with E-state index in [0.717, 1.165) is 16.3 Å². The van der Waals surface area contributed by atoms with Crippen LogP contribution in [0.25, 0.3) is 10.8 Å². The summed E-state index contributed by atoms with van der Waals surface area (Å²) in [6.07, 6.45) is 0. The molecule has 0 fully saturated rings. The van der Waals surface area contributed by atoms with Gasteiger partial charge in [-0.15, -0.1) is 0 Å². The molecule has 0 saturated heterocycles. The lowest BCUT2D eigenvalue weighted by Gasteiger charge is -2.08. The zero-order chi connectivity index (χ0) is 10.3. The van der Waals surface area contributed by atoms with Crippen LogP contribution in [0.1, 0.15) is 16.7 Å². The fraction of sp³-hybridized carbons (Fsp3) is 0.231. The summed E-state index contributed by atoms with van der Waals surface area (Å²) in [6, 6.07) is 8.20. The molecule has 2 aromatic carbocycles. The predicted molar refractivity (Wildman–Crippen MR) is 59.8 cm³/mol. The van der Waals surface area contributed by atoms with Crippen LogP contribution in [-0.4, -0.2) is 5.11 Å². The predicted octanol–water partition coefficient (Wildman–Crippen LogP) is 3.47. The molecule has 72 valence electrons. The van der Waals surface area contributed by atoms with Gasteiger partial charge in [-0.1, -0.05) is 23.8 Å². The number of phenols is 1. The molecule has 0 bridgehead atoms. The largest absolute Gasteiger partial charge is 0.507 e. The van der Waals surface area contributed by atoms with Crippen molar-refractivity contribution in [2.45, 2.75) is 20.8 Å². The molecule has 1 heteroatoms. The Morgan fingerprint density at radius 3 is 2.29 bits per heavy atom. The molecule has 0 atom stereocenters. The zero-order valence-corrected chi connectivity index (χ0v) is 8.76. The quantitative estimate of drug-likeness (QED) is 0.668. The van der Waals surface area contributed by atoms with E-state index in [1.54, 1.807) is 0 Å². The van der Waals surface area contributed by atoms with Crippen molar-refractivity contribution in [2.75, 3.05) is 0 Å². The monoisotopic (exact) mass is 186 g/mol. The van der Waals surface area contributed by atoms with Crippen LogP contribution in [0.5, 0.6) is 5.75 Å². The normalized spacial score (nSPS) is 10.8. The van der Waals surface area contributed by atoms with E-state index < -0.39 is 0 Å². The molecule has 0 aliphatic carbocycles. The molecule has 0 aromatic heterocycles. The molecule has 0 radical (unpaired) electrons. The third-order valence-corrected chi connectivity index (χ3v) is 2.66. The van der Waals surface area contributed by atoms with Crippen LogP contribution < -0.4 is 0 Å². The Morgan fingerprint density at radius 2 is 1.57 bits per heavy atom. The molecule has 1 N–H and O–H groups in total. The molecule has 0 spiro atoms. The van der Waals surface area contributed by atoms with Crippen LogP contribution in [0.15, 0.2) is 24.3 Å². The van der Waals surface area contributed by atoms with Gasteiger partial charge in [0.25, 0.3) is 0 Å². The van der Waals surface area contributed by atoms with Crippen LogP contribution in [0.2, 0.25) is 0 Å². The minimum Gasteiger partial charge on any atom is -0.507 e. The molecule has 0 saturated carbocycles. The van der Waals surface area contributed by atoms with Gasteiger partial charge in [0.05, 0.1) is 0 Å². The minimum atomic E-state index is 0.411. The van der Waals surface area contributed by atoms with Gasteiger partial charge in [0.1, 0.15) is 5.75 Å². The fourth-order valence-corrected chi connectivity index (χ4v) is 1.90. The van der Waals surface area contributed by atoms with E-state index in [1.165, 1.54) is 11.1 Å². The van der Waals surface area contributed by atoms with Gasteiger partial charge in [-0.05, 0) is 43.4 Å². The molecule has 2 aromatic rings. The molecule has 14 heavy (non-hydrogen) atoms. The first-order chi connectivity index (χ1) is 6.59. The maximum Gasteiger partial charge on any atom is 0.126 e. The fourth-order valence-electron chi connectivity index (χ4n) is 1.90. The summed E-state index contributed by atoms with van der Waals surface area (Å²) in [5.74, 6) is 0.411. The summed E-state index contributed by atoms with van der Waals surface area (Å²) in [6.45, 7) is 6.05. The van der Waals surface area contributed by atoms with Crippen molar-refractivity contribution in [1.29, 1.82) is 0 Å². The highest BCUT2D eigenvalue weighted by Crippen LogP contribution is 2.30. The van der Waals surface area contributed by atoms with E-state index >= 15 is 0 Å². The third-order valence-electron chi connectivity index (χ3n) is 2.66. The Kier molecular flexibility index (Phi) is 1.95. The first-order valence-corrected chi connectivity index (χ1v) is 4.79. The summed E-state index contributed by atoms with van der Waals surface area (Å²) in [5, 5.41) is 12.0. The van der Waals surface area contributed by atoms with Crippen molar-refractivity contribution in [3.8, 4) is 5.75 Å². The minimum absolute atomic E-state index is 0.411. The smallest absolute Gasteiger partial charge is 0.126 e. The van der Waals surface area contributed by atoms with Gasteiger partial charge in [-0.25, -0.2) is 0 Å². The van der Waals surface area contributed by atoms with Crippen LogP contribution in [0.3, 0.4) is 0 Å². The summed E-state index contributed by atoms with van der Waals surface area (Å²) in [4.78, 5) is 0. The van der Waals surface area contributed by atoms with E-state index in [9.17, 15) is 5.11 Å². The molecule has 0 aliphatic heterocycles. The van der Waals surface area contributed by atoms with Crippen LogP contribution >= 0.6 is 0 Å². The zero-order valence-electron chi connectivity index (χ0n) is 8.76. The lowest BCUT2D eigenvalue weighted by Crippen LogP contribution is -1.84. The highest BCUT2D eigenvalue weighted by atomic mass is 16.3. The van der Waals surface area contributed by atoms with E-state index in [1.807, 2.05) is 26.0 Å². The second kappa shape index (κ2) is 3.02. The van der Waals surface area contributed by atoms with Crippen molar-refractivity contribution in [2.24, 2.45) is 0 Å². The van der Waals surface area contributed by atoms with Crippen molar-refractivity contribution in [1.82, 2.24) is 0 Å². The SMILES string of the molecule is Cc1cc(C)c2ccc(C)c(O)c2c1. The van der Waals surface area contributed by atoms with Crippen molar-refractivity contribution < 1.29 is 5.11 Å². The number of rotatable bonds is 0. The molecular weight excluding hydrogens is 172 g/mol. The molecular formula is C13H14O. The molecule has 2 rings (SSSR count). The Balaban J connectivity index is 2.95. The lowest BCUT2D eigenvalue weighted by atomic mass is 9.99. The Morgan fingerprint density at radius 1 is 0.857 bits per heavy atom. The van der Waals surface area contributed by atoms with Crippen molar-refractivity contribution >= 4 is 10.8 Å². The van der Waals surface area contributed by atoms with Gasteiger partial charge in [-0.3, -0.25) is 0 Å². The maximum atomic E-state index is 9.91. The van der Waals surface area contributed by atoms with E-state index in [-0.39, 0.29) is 0 Å². The van der Waals surface area contributed by atoms with Gasteiger partial charge >= 0.3 is 0 Å². The van der Waals surface area contributed by atoms with Crippen LogP contribution in [-0.2, 0) is 0 Å². The lowest BCUT2D eigenvalue weighted by molar-refractivity contribution is 0.477. The average molecular weight is 186 g/mol. The van der Waals surface area contributed by atoms with Crippen LogP contribution in [0.4, 0.5) is 0 Å². The van der Waals surface area contributed by atoms with Gasteiger partial charge < -0.3 is 5.11 Å². The van der Waals surface area contributed by atoms with Gasteiger partial charge in [0.15, 0.2) is 0 Å². The number of fused-ring (bicyclic) bond motifs is 1. The second-order valence-corrected chi connectivity index (χ2v) is 3.91. The Labute approximate surface area is 84.0 Å². The van der Waals surface area contributed by atoms with Gasteiger partial charge in [0.2, 0.25) is 0 Å². The molecule has 0 aliphatic rings. The summed E-state index contributed by atoms with van der Waals surface area (Å²) < 4.78 is 0. The average Bonchev–Trinajstić information content (AvgIpc) is 2.12. The second-order valence-electron chi connectivity index (χ2n) is 3.91. The topological polar surface area (TPSA) is 20.2 Å². The third kappa shape index (κ3) is 1.25. The summed E-state index contributed by atoms with van der Waals surface area (Å²) in [7, 11) is 0. The molecule has 0 amide bonds. The number of phenolic OH excluding ortho intramolecular Hbond substituents is 1. The molecule has 1 nitrogen and oxygen atoms in total. The standard InChI is InChI=1S/C13H14O/c1-8-6-10(3)11-5-4-9(2)13(14)12(11)7-8/h4-7,14H,1-3H3. The number of aryl methyl sites for hydroxylation is 3. The van der Waals surface area contributed by atoms with E-state index in [0.29, 0.717) is 5.75 Å². The Hall–Kier alpha value is -1.50. The number of hydrogen-bond acceptors (Lipinski definition) is 1. The van der Waals surface area contributed by atoms with E-state index in [4.69, 9.17) is 0 Å². The number of benzene rings is 2. The highest BCUT2D eigenvalue weighted by Gasteiger charge is 2.05. The maximum absolute atomic E-state index is 9.91. The highest BCUT2D eigenvalue weighted by molar-refractivity contribution is 5.92. The number of aromatic hydroxyl groups is 1. The molecule has 0 heterocycles.